The lowest BCUT2D eigenvalue weighted by molar-refractivity contribution is 0.319. The highest BCUT2D eigenvalue weighted by Gasteiger charge is 2.26. The third-order valence-corrected chi connectivity index (χ3v) is 5.28. The van der Waals surface area contributed by atoms with Crippen molar-refractivity contribution in [1.82, 2.24) is 4.98 Å². The van der Waals surface area contributed by atoms with E-state index in [-0.39, 0.29) is 0 Å². The van der Waals surface area contributed by atoms with E-state index in [9.17, 15) is 0 Å². The number of ether oxygens (including phenoxy) is 1. The van der Waals surface area contributed by atoms with E-state index in [4.69, 9.17) is 9.15 Å². The highest BCUT2D eigenvalue weighted by atomic mass is 16.5. The number of aryl methyl sites for hydroxylation is 3. The van der Waals surface area contributed by atoms with E-state index < -0.39 is 0 Å². The molecule has 1 aliphatic rings. The molecule has 0 saturated heterocycles. The first-order valence-electron chi connectivity index (χ1n) is 9.27. The number of benzene rings is 1. The van der Waals surface area contributed by atoms with E-state index >= 15 is 0 Å². The van der Waals surface area contributed by atoms with Crippen LogP contribution in [0.25, 0.3) is 0 Å². The Labute approximate surface area is 145 Å². The second-order valence-electron chi connectivity index (χ2n) is 7.11. The van der Waals surface area contributed by atoms with Crippen LogP contribution in [0.2, 0.25) is 0 Å². The summed E-state index contributed by atoms with van der Waals surface area (Å²) >= 11 is 0. The minimum absolute atomic E-state index is 0.640. The number of nitrogens with zero attached hydrogens (tertiary/aromatic N) is 1. The fraction of sp³-hybridized carbons (Fsp3) is 0.571. The van der Waals surface area contributed by atoms with Gasteiger partial charge in [-0.3, -0.25) is 0 Å². The molecule has 2 atom stereocenters. The minimum Gasteiger partial charge on any atom is -0.493 e. The van der Waals surface area contributed by atoms with Crippen LogP contribution in [0.5, 0.6) is 5.75 Å². The summed E-state index contributed by atoms with van der Waals surface area (Å²) in [6.07, 6.45) is 5.86. The highest BCUT2D eigenvalue weighted by Crippen LogP contribution is 2.41. The van der Waals surface area contributed by atoms with Gasteiger partial charge in [0, 0.05) is 13.3 Å². The Kier molecular flexibility index (Phi) is 5.27. The quantitative estimate of drug-likeness (QED) is 0.685. The first-order valence-corrected chi connectivity index (χ1v) is 9.27. The molecule has 1 aromatic carbocycles. The van der Waals surface area contributed by atoms with Crippen LogP contribution in [0.1, 0.15) is 67.5 Å². The number of hydrogen-bond acceptors (Lipinski definition) is 3. The molecule has 0 bridgehead atoms. The predicted molar refractivity (Wildman–Crippen MR) is 96.8 cm³/mol. The van der Waals surface area contributed by atoms with Crippen molar-refractivity contribution in [1.29, 1.82) is 0 Å². The van der Waals surface area contributed by atoms with Crippen LogP contribution in [-0.4, -0.2) is 11.6 Å². The van der Waals surface area contributed by atoms with Crippen LogP contribution in [0.4, 0.5) is 0 Å². The van der Waals surface area contributed by atoms with Gasteiger partial charge in [-0.1, -0.05) is 32.8 Å². The van der Waals surface area contributed by atoms with Crippen LogP contribution in [-0.2, 0) is 12.8 Å². The van der Waals surface area contributed by atoms with Crippen molar-refractivity contribution in [3.8, 4) is 5.75 Å². The normalized spacial score (nSPS) is 17.8. The van der Waals surface area contributed by atoms with Crippen LogP contribution in [0, 0.1) is 19.8 Å². The summed E-state index contributed by atoms with van der Waals surface area (Å²) in [5.41, 5.74) is 4.03. The van der Waals surface area contributed by atoms with Gasteiger partial charge in [0.25, 0.3) is 0 Å². The predicted octanol–water partition coefficient (Wildman–Crippen LogP) is 5.38. The first kappa shape index (κ1) is 17.1. The molecule has 3 nitrogen and oxygen atoms in total. The summed E-state index contributed by atoms with van der Waals surface area (Å²) in [6.45, 7) is 9.16. The smallest absolute Gasteiger partial charge is 0.191 e. The minimum atomic E-state index is 0.640. The molecule has 3 heteroatoms. The monoisotopic (exact) mass is 327 g/mol. The van der Waals surface area contributed by atoms with Gasteiger partial charge in [0.2, 0.25) is 0 Å². The van der Waals surface area contributed by atoms with Gasteiger partial charge in [-0.2, -0.15) is 0 Å². The van der Waals surface area contributed by atoms with Gasteiger partial charge in [-0.25, -0.2) is 4.98 Å². The molecule has 1 aliphatic carbocycles. The van der Waals surface area contributed by atoms with Gasteiger partial charge in [0.1, 0.15) is 11.5 Å². The topological polar surface area (TPSA) is 35.3 Å². The highest BCUT2D eigenvalue weighted by molar-refractivity contribution is 5.41. The Bertz CT molecular complexity index is 689. The zero-order valence-electron chi connectivity index (χ0n) is 15.4. The molecule has 1 aromatic heterocycles. The molecule has 0 saturated carbocycles. The molecule has 0 fully saturated rings. The maximum atomic E-state index is 5.96. The van der Waals surface area contributed by atoms with Gasteiger partial charge in [-0.15, -0.1) is 0 Å². The SMILES string of the molecule is CCCC(C)C1CCc2cc(OCCc3nc(C)oc3C)ccc21. The van der Waals surface area contributed by atoms with E-state index in [0.29, 0.717) is 6.61 Å². The molecule has 3 rings (SSSR count). The fourth-order valence-corrected chi connectivity index (χ4v) is 4.03. The maximum Gasteiger partial charge on any atom is 0.191 e. The summed E-state index contributed by atoms with van der Waals surface area (Å²) in [6, 6.07) is 6.67. The van der Waals surface area contributed by atoms with Crippen molar-refractivity contribution in [2.45, 2.75) is 65.7 Å². The molecule has 0 N–H and O–H groups in total. The number of fused-ring (bicyclic) bond motifs is 1. The summed E-state index contributed by atoms with van der Waals surface area (Å²) < 4.78 is 11.4. The summed E-state index contributed by atoms with van der Waals surface area (Å²) in [4.78, 5) is 4.40. The van der Waals surface area contributed by atoms with Crippen molar-refractivity contribution in [3.05, 3.63) is 46.7 Å². The van der Waals surface area contributed by atoms with Crippen LogP contribution < -0.4 is 4.74 Å². The fourth-order valence-electron chi connectivity index (χ4n) is 4.03. The zero-order valence-corrected chi connectivity index (χ0v) is 15.4. The molecule has 0 spiro atoms. The molecule has 130 valence electrons. The van der Waals surface area contributed by atoms with E-state index in [0.717, 1.165) is 41.4 Å². The van der Waals surface area contributed by atoms with Crippen LogP contribution >= 0.6 is 0 Å². The molecule has 0 radical (unpaired) electrons. The second kappa shape index (κ2) is 7.42. The second-order valence-corrected chi connectivity index (χ2v) is 7.11. The van der Waals surface area contributed by atoms with E-state index in [1.807, 2.05) is 13.8 Å². The van der Waals surface area contributed by atoms with Crippen molar-refractivity contribution < 1.29 is 9.15 Å². The third kappa shape index (κ3) is 3.66. The lowest BCUT2D eigenvalue weighted by Crippen LogP contribution is -2.06. The average molecular weight is 327 g/mol. The number of rotatable bonds is 7. The summed E-state index contributed by atoms with van der Waals surface area (Å²) in [7, 11) is 0. The van der Waals surface area contributed by atoms with Crippen molar-refractivity contribution in [3.63, 3.8) is 0 Å². The summed E-state index contributed by atoms with van der Waals surface area (Å²) in [5.74, 6) is 4.12. The molecule has 24 heavy (non-hydrogen) atoms. The summed E-state index contributed by atoms with van der Waals surface area (Å²) in [5, 5.41) is 0. The van der Waals surface area contributed by atoms with E-state index in [1.54, 1.807) is 5.56 Å². The van der Waals surface area contributed by atoms with E-state index in [2.05, 4.69) is 37.0 Å². The zero-order chi connectivity index (χ0) is 17.1. The number of hydrogen-bond donors (Lipinski definition) is 0. The van der Waals surface area contributed by atoms with E-state index in [1.165, 1.54) is 31.2 Å². The first-order chi connectivity index (χ1) is 11.6. The van der Waals surface area contributed by atoms with Gasteiger partial charge in [0.15, 0.2) is 5.89 Å². The van der Waals surface area contributed by atoms with Gasteiger partial charge in [0.05, 0.1) is 12.3 Å². The molecular formula is C21H29NO2. The number of aromatic nitrogens is 1. The largest absolute Gasteiger partial charge is 0.493 e. The Morgan fingerprint density at radius 2 is 2.17 bits per heavy atom. The molecular weight excluding hydrogens is 298 g/mol. The number of oxazole rings is 1. The third-order valence-electron chi connectivity index (χ3n) is 5.28. The van der Waals surface area contributed by atoms with Gasteiger partial charge in [-0.05, 0) is 54.9 Å². The Hall–Kier alpha value is -1.77. The van der Waals surface area contributed by atoms with Crippen molar-refractivity contribution in [2.24, 2.45) is 5.92 Å². The molecule has 2 aromatic rings. The Morgan fingerprint density at radius 1 is 1.33 bits per heavy atom. The average Bonchev–Trinajstić information content (AvgIpc) is 3.10. The lowest BCUT2D eigenvalue weighted by atomic mass is 9.86. The van der Waals surface area contributed by atoms with Crippen molar-refractivity contribution in [2.75, 3.05) is 6.61 Å². The van der Waals surface area contributed by atoms with Crippen LogP contribution in [0.15, 0.2) is 22.6 Å². The van der Waals surface area contributed by atoms with Gasteiger partial charge >= 0.3 is 0 Å². The molecule has 1 heterocycles. The Morgan fingerprint density at radius 3 is 2.88 bits per heavy atom. The standard InChI is InChI=1S/C21H29NO2/c1-5-6-14(2)19-9-7-17-13-18(8-10-20(17)19)23-12-11-21-15(3)24-16(4)22-21/h8,10,13-14,19H,5-7,9,11-12H2,1-4H3. The molecule has 2 unspecified atom stereocenters. The van der Waals surface area contributed by atoms with Crippen LogP contribution in [0.3, 0.4) is 0 Å². The van der Waals surface area contributed by atoms with Crippen molar-refractivity contribution >= 4 is 0 Å². The van der Waals surface area contributed by atoms with Gasteiger partial charge < -0.3 is 9.15 Å². The Balaban J connectivity index is 1.60. The molecule has 0 aliphatic heterocycles. The maximum absolute atomic E-state index is 5.96. The molecule has 0 amide bonds. The lowest BCUT2D eigenvalue weighted by Gasteiger charge is -2.20.